The van der Waals surface area contributed by atoms with E-state index >= 15 is 0 Å². The Balaban J connectivity index is 2.03. The Morgan fingerprint density at radius 2 is 1.96 bits per heavy atom. The Labute approximate surface area is 148 Å². The van der Waals surface area contributed by atoms with Crippen LogP contribution >= 0.6 is 0 Å². The third-order valence-corrected chi connectivity index (χ3v) is 4.25. The molecule has 1 aliphatic heterocycles. The Morgan fingerprint density at radius 3 is 2.68 bits per heavy atom. The molecule has 1 amide bonds. The second-order valence-corrected chi connectivity index (χ2v) is 7.03. The first-order chi connectivity index (χ1) is 11.9. The van der Waals surface area contributed by atoms with Crippen LogP contribution in [0.1, 0.15) is 30.5 Å². The Morgan fingerprint density at radius 1 is 1.20 bits per heavy atom. The van der Waals surface area contributed by atoms with Crippen molar-refractivity contribution in [3.63, 3.8) is 0 Å². The number of amides is 1. The second kappa shape index (κ2) is 6.45. The molecule has 0 bridgehead atoms. The van der Waals surface area contributed by atoms with E-state index in [0.29, 0.717) is 11.4 Å². The summed E-state index contributed by atoms with van der Waals surface area (Å²) < 4.78 is 0. The zero-order chi connectivity index (χ0) is 18.0. The van der Waals surface area contributed by atoms with Crippen molar-refractivity contribution < 1.29 is 4.79 Å². The molecule has 0 aliphatic carbocycles. The summed E-state index contributed by atoms with van der Waals surface area (Å²) in [6, 6.07) is 17.5. The van der Waals surface area contributed by atoms with E-state index in [4.69, 9.17) is 0 Å². The lowest BCUT2D eigenvalue weighted by atomic mass is 9.84. The summed E-state index contributed by atoms with van der Waals surface area (Å²) in [6.07, 6.45) is 0.838. The fourth-order valence-corrected chi connectivity index (χ4v) is 3.18. The highest BCUT2D eigenvalue weighted by Gasteiger charge is 2.30. The Hall–Kier alpha value is -3.06. The first-order valence-corrected chi connectivity index (χ1v) is 8.28. The highest BCUT2D eigenvalue weighted by Crippen LogP contribution is 2.31. The molecule has 1 heterocycles. The number of aryl methyl sites for hydroxylation is 1. The van der Waals surface area contributed by atoms with E-state index in [2.05, 4.69) is 30.6 Å². The summed E-state index contributed by atoms with van der Waals surface area (Å²) >= 11 is 0. The Kier molecular flexibility index (Phi) is 4.33. The number of hydrogen-bond acceptors (Lipinski definition) is 3. The predicted molar refractivity (Wildman–Crippen MR) is 99.7 cm³/mol. The summed E-state index contributed by atoms with van der Waals surface area (Å²) in [5.41, 5.74) is 4.25. The smallest absolute Gasteiger partial charge is 0.268 e. The molecule has 0 saturated heterocycles. The molecule has 1 aliphatic rings. The van der Waals surface area contributed by atoms with Crippen molar-refractivity contribution in [2.75, 3.05) is 5.32 Å². The fraction of sp³-hybridized carbons (Fsp3) is 0.238. The van der Waals surface area contributed by atoms with Crippen LogP contribution in [0.5, 0.6) is 0 Å². The second-order valence-electron chi connectivity index (χ2n) is 7.03. The van der Waals surface area contributed by atoms with Crippen molar-refractivity contribution >= 4 is 17.3 Å². The molecule has 0 radical (unpaired) electrons. The van der Waals surface area contributed by atoms with Gasteiger partial charge in [0.25, 0.3) is 5.91 Å². The first kappa shape index (κ1) is 16.8. The van der Waals surface area contributed by atoms with Gasteiger partial charge in [-0.05, 0) is 50.5 Å². The normalized spacial score (nSPS) is 16.9. The van der Waals surface area contributed by atoms with E-state index in [1.807, 2.05) is 55.5 Å². The molecule has 0 spiro atoms. The molecule has 3 rings (SSSR count). The molecule has 4 heteroatoms. The molecule has 126 valence electrons. The summed E-state index contributed by atoms with van der Waals surface area (Å²) in [6.45, 7) is 6.09. The maximum absolute atomic E-state index is 12.7. The van der Waals surface area contributed by atoms with Gasteiger partial charge in [-0.25, -0.2) is 0 Å². The van der Waals surface area contributed by atoms with Crippen molar-refractivity contribution in [3.8, 4) is 6.07 Å². The highest BCUT2D eigenvalue weighted by atomic mass is 16.1. The molecule has 4 nitrogen and oxygen atoms in total. The SMILES string of the molecule is Cc1cccc(NC(=O)C(C#N)=C2NC(C)(C)Cc3ccccc32)c1. The standard InChI is InChI=1S/C21H21N3O/c1-14-7-6-9-16(11-14)23-20(25)18(13-22)19-17-10-5-4-8-15(17)12-21(2,3)24-19/h4-11,24H,12H2,1-3H3,(H,23,25). The van der Waals surface area contributed by atoms with Gasteiger partial charge in [-0.3, -0.25) is 4.79 Å². The van der Waals surface area contributed by atoms with Crippen LogP contribution in [0.25, 0.3) is 5.70 Å². The third-order valence-electron chi connectivity index (χ3n) is 4.25. The van der Waals surface area contributed by atoms with E-state index < -0.39 is 5.91 Å². The maximum Gasteiger partial charge on any atom is 0.268 e. The molecular formula is C21H21N3O. The van der Waals surface area contributed by atoms with Gasteiger partial charge >= 0.3 is 0 Å². The van der Waals surface area contributed by atoms with Crippen LogP contribution in [-0.2, 0) is 11.2 Å². The molecule has 2 N–H and O–H groups in total. The average molecular weight is 331 g/mol. The lowest BCUT2D eigenvalue weighted by Crippen LogP contribution is -2.44. The molecule has 2 aromatic rings. The number of fused-ring (bicyclic) bond motifs is 1. The molecule has 0 saturated carbocycles. The van der Waals surface area contributed by atoms with E-state index in [0.717, 1.165) is 23.1 Å². The molecule has 0 atom stereocenters. The van der Waals surface area contributed by atoms with Crippen molar-refractivity contribution in [2.24, 2.45) is 0 Å². The molecule has 25 heavy (non-hydrogen) atoms. The van der Waals surface area contributed by atoms with Crippen LogP contribution in [0.4, 0.5) is 5.69 Å². The molecule has 0 fully saturated rings. The zero-order valence-electron chi connectivity index (χ0n) is 14.7. The number of anilines is 1. The van der Waals surface area contributed by atoms with Gasteiger partial charge in [-0.1, -0.05) is 36.4 Å². The van der Waals surface area contributed by atoms with E-state index in [1.54, 1.807) is 0 Å². The number of carbonyl (C=O) groups is 1. The Bertz CT molecular complexity index is 903. The van der Waals surface area contributed by atoms with E-state index in [1.165, 1.54) is 0 Å². The average Bonchev–Trinajstić information content (AvgIpc) is 2.54. The van der Waals surface area contributed by atoms with Gasteiger partial charge in [-0.2, -0.15) is 5.26 Å². The number of hydrogen-bond donors (Lipinski definition) is 2. The van der Waals surface area contributed by atoms with Crippen LogP contribution in [0.3, 0.4) is 0 Å². The third kappa shape index (κ3) is 3.56. The minimum absolute atomic E-state index is 0.0988. The number of nitrogens with zero attached hydrogens (tertiary/aromatic N) is 1. The largest absolute Gasteiger partial charge is 0.378 e. The predicted octanol–water partition coefficient (Wildman–Crippen LogP) is 3.79. The van der Waals surface area contributed by atoms with Crippen molar-refractivity contribution in [1.29, 1.82) is 5.26 Å². The molecule has 0 aromatic heterocycles. The van der Waals surface area contributed by atoms with Crippen molar-refractivity contribution in [1.82, 2.24) is 5.32 Å². The lowest BCUT2D eigenvalue weighted by Gasteiger charge is -2.36. The fourth-order valence-electron chi connectivity index (χ4n) is 3.18. The number of nitrogens with one attached hydrogen (secondary N) is 2. The quantitative estimate of drug-likeness (QED) is 0.650. The van der Waals surface area contributed by atoms with Gasteiger partial charge in [0.05, 0.1) is 5.70 Å². The topological polar surface area (TPSA) is 64.9 Å². The van der Waals surface area contributed by atoms with Gasteiger partial charge in [0.2, 0.25) is 0 Å². The number of rotatable bonds is 2. The van der Waals surface area contributed by atoms with E-state index in [-0.39, 0.29) is 11.1 Å². The van der Waals surface area contributed by atoms with Crippen LogP contribution < -0.4 is 10.6 Å². The van der Waals surface area contributed by atoms with Gasteiger partial charge in [0.1, 0.15) is 11.6 Å². The number of carbonyl (C=O) groups excluding carboxylic acids is 1. The maximum atomic E-state index is 12.7. The molecular weight excluding hydrogens is 310 g/mol. The van der Waals surface area contributed by atoms with Crippen molar-refractivity contribution in [2.45, 2.75) is 32.7 Å². The highest BCUT2D eigenvalue weighted by molar-refractivity contribution is 6.12. The molecule has 0 unspecified atom stereocenters. The number of benzene rings is 2. The van der Waals surface area contributed by atoms with Gasteiger partial charge in [0, 0.05) is 16.8 Å². The van der Waals surface area contributed by atoms with Crippen LogP contribution in [0.2, 0.25) is 0 Å². The monoisotopic (exact) mass is 331 g/mol. The minimum atomic E-state index is -0.400. The lowest BCUT2D eigenvalue weighted by molar-refractivity contribution is -0.112. The minimum Gasteiger partial charge on any atom is -0.378 e. The summed E-state index contributed by atoms with van der Waals surface area (Å²) in [7, 11) is 0. The van der Waals surface area contributed by atoms with Crippen molar-refractivity contribution in [3.05, 3.63) is 70.8 Å². The van der Waals surface area contributed by atoms with Crippen LogP contribution in [0, 0.1) is 18.3 Å². The van der Waals surface area contributed by atoms with Crippen LogP contribution in [0.15, 0.2) is 54.1 Å². The first-order valence-electron chi connectivity index (χ1n) is 8.28. The number of nitriles is 1. The zero-order valence-corrected chi connectivity index (χ0v) is 14.7. The summed E-state index contributed by atoms with van der Waals surface area (Å²) in [4.78, 5) is 12.7. The summed E-state index contributed by atoms with van der Waals surface area (Å²) in [5, 5.41) is 15.9. The summed E-state index contributed by atoms with van der Waals surface area (Å²) in [5.74, 6) is -0.400. The van der Waals surface area contributed by atoms with Gasteiger partial charge in [0.15, 0.2) is 0 Å². The van der Waals surface area contributed by atoms with Gasteiger partial charge in [-0.15, -0.1) is 0 Å². The van der Waals surface area contributed by atoms with Crippen LogP contribution in [-0.4, -0.2) is 11.4 Å². The van der Waals surface area contributed by atoms with E-state index in [9.17, 15) is 10.1 Å². The van der Waals surface area contributed by atoms with Gasteiger partial charge < -0.3 is 10.6 Å². The molecule has 2 aromatic carbocycles.